The Bertz CT molecular complexity index is 587. The molecule has 0 aromatic heterocycles. The topological polar surface area (TPSA) is 36.0 Å². The number of likely N-dealkylation sites (N-methyl/N-ethyl adjacent to an activating group) is 1. The van der Waals surface area contributed by atoms with Crippen molar-refractivity contribution in [2.75, 3.05) is 56.2 Å². The molecule has 2 aliphatic heterocycles. The molecule has 0 N–H and O–H groups in total. The zero-order valence-corrected chi connectivity index (χ0v) is 13.8. The van der Waals surface area contributed by atoms with Crippen LogP contribution in [0.15, 0.2) is 24.3 Å². The van der Waals surface area contributed by atoms with Gasteiger partial charge in [-0.25, -0.2) is 0 Å². The number of hydrogen-bond donors (Lipinski definition) is 0. The first-order chi connectivity index (χ1) is 11.2. The molecule has 2 fully saturated rings. The molecule has 2 heterocycles. The van der Waals surface area contributed by atoms with E-state index < -0.39 is 0 Å². The molecule has 23 heavy (non-hydrogen) atoms. The lowest BCUT2D eigenvalue weighted by atomic mass is 10.1. The monoisotopic (exact) mass is 315 g/mol. The van der Waals surface area contributed by atoms with E-state index in [1.165, 1.54) is 18.5 Å². The molecule has 5 heteroatoms. The van der Waals surface area contributed by atoms with Crippen molar-refractivity contribution in [3.8, 4) is 0 Å². The third-order valence-electron chi connectivity index (χ3n) is 5.09. The standard InChI is InChI=1S/C18H25N3O2/c1-19-10-11-23-17(13-19)18(22)21-9-8-20(12-14-6-7-14)15-4-2-3-5-16(15)21/h2-5,14,17H,6-13H2,1H3. The van der Waals surface area contributed by atoms with Crippen LogP contribution in [-0.4, -0.2) is 63.3 Å². The molecule has 0 bridgehead atoms. The van der Waals surface area contributed by atoms with Crippen molar-refractivity contribution in [1.82, 2.24) is 4.90 Å². The van der Waals surface area contributed by atoms with Crippen LogP contribution in [0, 0.1) is 5.92 Å². The van der Waals surface area contributed by atoms with Gasteiger partial charge in [-0.2, -0.15) is 0 Å². The molecule has 124 valence electrons. The Hall–Kier alpha value is -1.59. The first-order valence-corrected chi connectivity index (χ1v) is 8.68. The molecule has 1 aromatic rings. The molecular formula is C18H25N3O2. The Balaban J connectivity index is 1.55. The zero-order valence-electron chi connectivity index (χ0n) is 13.8. The first kappa shape index (κ1) is 15.0. The summed E-state index contributed by atoms with van der Waals surface area (Å²) in [5, 5.41) is 0. The molecule has 0 spiro atoms. The maximum atomic E-state index is 13.0. The van der Waals surface area contributed by atoms with Crippen LogP contribution >= 0.6 is 0 Å². The number of hydrogen-bond acceptors (Lipinski definition) is 4. The fourth-order valence-corrected chi connectivity index (χ4v) is 3.55. The lowest BCUT2D eigenvalue weighted by Gasteiger charge is -2.40. The highest BCUT2D eigenvalue weighted by Gasteiger charge is 2.35. The highest BCUT2D eigenvalue weighted by Crippen LogP contribution is 2.37. The van der Waals surface area contributed by atoms with Crippen molar-refractivity contribution < 1.29 is 9.53 Å². The van der Waals surface area contributed by atoms with Gasteiger partial charge in [-0.1, -0.05) is 12.1 Å². The Morgan fingerprint density at radius 1 is 1.17 bits per heavy atom. The number of fused-ring (bicyclic) bond motifs is 1. The van der Waals surface area contributed by atoms with Crippen LogP contribution in [-0.2, 0) is 9.53 Å². The summed E-state index contributed by atoms with van der Waals surface area (Å²) < 4.78 is 5.73. The van der Waals surface area contributed by atoms with Gasteiger partial charge in [0.2, 0.25) is 0 Å². The van der Waals surface area contributed by atoms with Gasteiger partial charge in [-0.15, -0.1) is 0 Å². The molecule has 0 radical (unpaired) electrons. The maximum absolute atomic E-state index is 13.0. The van der Waals surface area contributed by atoms with Gasteiger partial charge < -0.3 is 19.4 Å². The number of ether oxygens (including phenoxy) is 1. The number of carbonyl (C=O) groups is 1. The number of carbonyl (C=O) groups excluding carboxylic acids is 1. The third-order valence-corrected chi connectivity index (χ3v) is 5.09. The molecule has 3 aliphatic rings. The molecule has 1 amide bonds. The summed E-state index contributed by atoms with van der Waals surface area (Å²) >= 11 is 0. The highest BCUT2D eigenvalue weighted by molar-refractivity contribution is 6.00. The summed E-state index contributed by atoms with van der Waals surface area (Å²) in [5.41, 5.74) is 2.24. The van der Waals surface area contributed by atoms with E-state index in [4.69, 9.17) is 4.74 Å². The fourth-order valence-electron chi connectivity index (χ4n) is 3.55. The number of amides is 1. The Labute approximate surface area is 137 Å². The van der Waals surface area contributed by atoms with Crippen molar-refractivity contribution in [1.29, 1.82) is 0 Å². The molecular weight excluding hydrogens is 290 g/mol. The minimum absolute atomic E-state index is 0.107. The van der Waals surface area contributed by atoms with Crippen molar-refractivity contribution >= 4 is 17.3 Å². The molecule has 1 aromatic carbocycles. The second-order valence-corrected chi connectivity index (χ2v) is 6.99. The Kier molecular flexibility index (Phi) is 3.99. The minimum Gasteiger partial charge on any atom is -0.368 e. The Morgan fingerprint density at radius 3 is 2.70 bits per heavy atom. The van der Waals surface area contributed by atoms with Gasteiger partial charge in [-0.05, 0) is 37.9 Å². The summed E-state index contributed by atoms with van der Waals surface area (Å²) in [6.07, 6.45) is 2.37. The van der Waals surface area contributed by atoms with Crippen molar-refractivity contribution in [2.24, 2.45) is 5.92 Å². The van der Waals surface area contributed by atoms with E-state index in [0.29, 0.717) is 13.2 Å². The number of nitrogens with zero attached hydrogens (tertiary/aromatic N) is 3. The quantitative estimate of drug-likeness (QED) is 0.848. The zero-order chi connectivity index (χ0) is 15.8. The van der Waals surface area contributed by atoms with E-state index in [1.54, 1.807) is 0 Å². The summed E-state index contributed by atoms with van der Waals surface area (Å²) in [5.74, 6) is 0.954. The molecule has 1 unspecified atom stereocenters. The number of rotatable bonds is 3. The van der Waals surface area contributed by atoms with Gasteiger partial charge in [0.05, 0.1) is 18.0 Å². The van der Waals surface area contributed by atoms with Crippen LogP contribution in [0.2, 0.25) is 0 Å². The van der Waals surface area contributed by atoms with Crippen molar-refractivity contribution in [3.63, 3.8) is 0 Å². The molecule has 1 aliphatic carbocycles. The second-order valence-electron chi connectivity index (χ2n) is 6.99. The van der Waals surface area contributed by atoms with Crippen molar-refractivity contribution in [3.05, 3.63) is 24.3 Å². The van der Waals surface area contributed by atoms with Gasteiger partial charge in [0.15, 0.2) is 0 Å². The first-order valence-electron chi connectivity index (χ1n) is 8.68. The summed E-state index contributed by atoms with van der Waals surface area (Å²) in [6.45, 7) is 5.02. The van der Waals surface area contributed by atoms with E-state index in [-0.39, 0.29) is 12.0 Å². The largest absolute Gasteiger partial charge is 0.368 e. The van der Waals surface area contributed by atoms with Crippen LogP contribution < -0.4 is 9.80 Å². The predicted octanol–water partition coefficient (Wildman–Crippen LogP) is 1.58. The van der Waals surface area contributed by atoms with Crippen LogP contribution in [0.4, 0.5) is 11.4 Å². The van der Waals surface area contributed by atoms with Gasteiger partial charge in [0.1, 0.15) is 6.10 Å². The van der Waals surface area contributed by atoms with Crippen LogP contribution in [0.5, 0.6) is 0 Å². The summed E-state index contributed by atoms with van der Waals surface area (Å²) in [7, 11) is 2.05. The number of para-hydroxylation sites is 2. The van der Waals surface area contributed by atoms with E-state index >= 15 is 0 Å². The van der Waals surface area contributed by atoms with Crippen LogP contribution in [0.3, 0.4) is 0 Å². The predicted molar refractivity (Wildman–Crippen MR) is 91.0 cm³/mol. The molecule has 4 rings (SSSR count). The molecule has 5 nitrogen and oxygen atoms in total. The molecule has 1 saturated carbocycles. The molecule has 1 atom stereocenters. The summed E-state index contributed by atoms with van der Waals surface area (Å²) in [4.78, 5) is 19.5. The molecule has 1 saturated heterocycles. The highest BCUT2D eigenvalue weighted by atomic mass is 16.5. The smallest absolute Gasteiger partial charge is 0.257 e. The van der Waals surface area contributed by atoms with E-state index in [0.717, 1.165) is 37.8 Å². The van der Waals surface area contributed by atoms with Gasteiger partial charge in [0, 0.05) is 32.7 Å². The normalized spacial score (nSPS) is 25.3. The maximum Gasteiger partial charge on any atom is 0.257 e. The number of anilines is 2. The second kappa shape index (κ2) is 6.13. The Morgan fingerprint density at radius 2 is 1.96 bits per heavy atom. The van der Waals surface area contributed by atoms with E-state index in [9.17, 15) is 4.79 Å². The number of morpholine rings is 1. The average molecular weight is 315 g/mol. The van der Waals surface area contributed by atoms with Crippen LogP contribution in [0.25, 0.3) is 0 Å². The van der Waals surface area contributed by atoms with E-state index in [1.807, 2.05) is 18.0 Å². The van der Waals surface area contributed by atoms with Crippen LogP contribution in [0.1, 0.15) is 12.8 Å². The lowest BCUT2D eigenvalue weighted by Crippen LogP contribution is -2.53. The summed E-state index contributed by atoms with van der Waals surface area (Å²) in [6, 6.07) is 8.30. The number of benzene rings is 1. The van der Waals surface area contributed by atoms with Crippen molar-refractivity contribution in [2.45, 2.75) is 18.9 Å². The SMILES string of the molecule is CN1CCOC(C(=O)N2CCN(CC3CC3)c3ccccc32)C1. The lowest BCUT2D eigenvalue weighted by molar-refractivity contribution is -0.135. The minimum atomic E-state index is -0.336. The fraction of sp³-hybridized carbons (Fsp3) is 0.611. The van der Waals surface area contributed by atoms with E-state index in [2.05, 4.69) is 28.0 Å². The average Bonchev–Trinajstić information content (AvgIpc) is 3.39. The third kappa shape index (κ3) is 3.08. The van der Waals surface area contributed by atoms with Gasteiger partial charge >= 0.3 is 0 Å². The van der Waals surface area contributed by atoms with Gasteiger partial charge in [-0.3, -0.25) is 4.79 Å². The van der Waals surface area contributed by atoms with Gasteiger partial charge in [0.25, 0.3) is 5.91 Å².